The molecular weight excluding hydrogens is 454 g/mol. The van der Waals surface area contributed by atoms with Crippen LogP contribution in [-0.4, -0.2) is 24.4 Å². The van der Waals surface area contributed by atoms with Crippen LogP contribution in [0, 0.1) is 0 Å². The fourth-order valence-corrected chi connectivity index (χ4v) is 5.96. The highest BCUT2D eigenvalue weighted by atomic mass is 79.9. The van der Waals surface area contributed by atoms with Crippen LogP contribution >= 0.6 is 39.5 Å². The molecule has 1 heterocycles. The third-order valence-electron chi connectivity index (χ3n) is 4.33. The number of ether oxygens (including phenoxy) is 1. The summed E-state index contributed by atoms with van der Waals surface area (Å²) in [5.74, 6) is 0. The van der Waals surface area contributed by atoms with E-state index in [9.17, 15) is 5.11 Å². The molecule has 0 bridgehead atoms. The minimum absolute atomic E-state index is 0.0174. The Morgan fingerprint density at radius 1 is 0.929 bits per heavy atom. The van der Waals surface area contributed by atoms with Crippen LogP contribution in [-0.2, 0) is 11.3 Å². The van der Waals surface area contributed by atoms with Crippen molar-refractivity contribution < 1.29 is 9.84 Å². The molecule has 0 saturated carbocycles. The van der Waals surface area contributed by atoms with Crippen molar-refractivity contribution in [2.75, 3.05) is 18.5 Å². The summed E-state index contributed by atoms with van der Waals surface area (Å²) in [5.41, 5.74) is 2.12. The predicted molar refractivity (Wildman–Crippen MR) is 119 cm³/mol. The second kappa shape index (κ2) is 9.37. The summed E-state index contributed by atoms with van der Waals surface area (Å²) in [5, 5.41) is 13.1. The van der Waals surface area contributed by atoms with Crippen LogP contribution in [0.15, 0.2) is 90.8 Å². The number of rotatable bonds is 7. The lowest BCUT2D eigenvalue weighted by atomic mass is 10.2. The number of hydrogen-bond donors (Lipinski definition) is 2. The molecular formula is C22H20BrNO2S2. The van der Waals surface area contributed by atoms with E-state index < -0.39 is 0 Å². The lowest BCUT2D eigenvalue weighted by molar-refractivity contribution is 0.0951. The minimum Gasteiger partial charge on any atom is -0.394 e. The van der Waals surface area contributed by atoms with Crippen LogP contribution in [0.25, 0.3) is 0 Å². The molecule has 2 N–H and O–H groups in total. The topological polar surface area (TPSA) is 41.5 Å². The number of nitrogens with one attached hydrogen (secondary N) is 1. The van der Waals surface area contributed by atoms with Gasteiger partial charge in [0.25, 0.3) is 0 Å². The zero-order valence-corrected chi connectivity index (χ0v) is 18.3. The maximum absolute atomic E-state index is 9.73. The molecule has 6 heteroatoms. The van der Waals surface area contributed by atoms with Gasteiger partial charge < -0.3 is 15.2 Å². The van der Waals surface area contributed by atoms with E-state index >= 15 is 0 Å². The van der Waals surface area contributed by atoms with Gasteiger partial charge in [-0.05, 0) is 51.8 Å². The Balaban J connectivity index is 1.39. The number of anilines is 1. The van der Waals surface area contributed by atoms with E-state index in [0.717, 1.165) is 15.7 Å². The third kappa shape index (κ3) is 4.75. The summed E-state index contributed by atoms with van der Waals surface area (Å²) in [6, 6.07) is 22.6. The van der Waals surface area contributed by atoms with E-state index in [4.69, 9.17) is 4.74 Å². The number of fused-ring (bicyclic) bond motifs is 2. The Morgan fingerprint density at radius 3 is 2.61 bits per heavy atom. The molecule has 0 radical (unpaired) electrons. The molecule has 3 nitrogen and oxygen atoms in total. The van der Waals surface area contributed by atoms with Gasteiger partial charge in [0.1, 0.15) is 0 Å². The van der Waals surface area contributed by atoms with Crippen LogP contribution in [0.1, 0.15) is 5.56 Å². The van der Waals surface area contributed by atoms with Crippen LogP contribution in [0.5, 0.6) is 0 Å². The minimum atomic E-state index is -0.149. The van der Waals surface area contributed by atoms with Crippen molar-refractivity contribution in [3.05, 3.63) is 76.8 Å². The molecule has 0 saturated heterocycles. The maximum atomic E-state index is 9.73. The van der Waals surface area contributed by atoms with Gasteiger partial charge in [0, 0.05) is 29.7 Å². The van der Waals surface area contributed by atoms with E-state index in [1.165, 1.54) is 19.6 Å². The summed E-state index contributed by atoms with van der Waals surface area (Å²) >= 11 is 7.20. The fourth-order valence-electron chi connectivity index (χ4n) is 2.93. The van der Waals surface area contributed by atoms with E-state index in [1.54, 1.807) is 23.5 Å². The number of aliphatic hydroxyl groups excluding tert-OH is 1. The predicted octanol–water partition coefficient (Wildman–Crippen LogP) is 6.05. The summed E-state index contributed by atoms with van der Waals surface area (Å²) in [6.45, 7) is 1.01. The maximum Gasteiger partial charge on any atom is 0.0726 e. The molecule has 0 aliphatic carbocycles. The van der Waals surface area contributed by atoms with Gasteiger partial charge in [0.05, 0.1) is 25.9 Å². The van der Waals surface area contributed by atoms with Gasteiger partial charge >= 0.3 is 0 Å². The van der Waals surface area contributed by atoms with Gasteiger partial charge in [0.15, 0.2) is 0 Å². The highest BCUT2D eigenvalue weighted by Crippen LogP contribution is 2.51. The van der Waals surface area contributed by atoms with Crippen LogP contribution in [0.3, 0.4) is 0 Å². The smallest absolute Gasteiger partial charge is 0.0726 e. The van der Waals surface area contributed by atoms with Gasteiger partial charge in [0.2, 0.25) is 0 Å². The largest absolute Gasteiger partial charge is 0.394 e. The van der Waals surface area contributed by atoms with Crippen LogP contribution < -0.4 is 5.32 Å². The lowest BCUT2D eigenvalue weighted by Crippen LogP contribution is -2.29. The Morgan fingerprint density at radius 2 is 1.79 bits per heavy atom. The molecule has 1 aliphatic rings. The van der Waals surface area contributed by atoms with Crippen molar-refractivity contribution in [2.45, 2.75) is 32.2 Å². The first kappa shape index (κ1) is 19.9. The summed E-state index contributed by atoms with van der Waals surface area (Å²) < 4.78 is 6.91. The molecule has 0 amide bonds. The van der Waals surface area contributed by atoms with Gasteiger partial charge in [-0.1, -0.05) is 59.9 Å². The molecule has 0 unspecified atom stereocenters. The molecule has 1 aliphatic heterocycles. The summed E-state index contributed by atoms with van der Waals surface area (Å²) in [7, 11) is 0. The number of halogens is 1. The van der Waals surface area contributed by atoms with Crippen molar-refractivity contribution in [2.24, 2.45) is 0 Å². The quantitative estimate of drug-likeness (QED) is 0.341. The second-order valence-corrected chi connectivity index (χ2v) is 9.45. The van der Waals surface area contributed by atoms with Gasteiger partial charge in [-0.3, -0.25) is 0 Å². The van der Waals surface area contributed by atoms with Crippen LogP contribution in [0.4, 0.5) is 5.69 Å². The summed E-state index contributed by atoms with van der Waals surface area (Å²) in [4.78, 5) is 5.00. The Bertz CT molecular complexity index is 953. The first-order chi connectivity index (χ1) is 13.7. The molecule has 28 heavy (non-hydrogen) atoms. The van der Waals surface area contributed by atoms with Crippen molar-refractivity contribution in [3.63, 3.8) is 0 Å². The molecule has 144 valence electrons. The monoisotopic (exact) mass is 473 g/mol. The molecule has 3 aromatic rings. The van der Waals surface area contributed by atoms with Crippen molar-refractivity contribution in [3.8, 4) is 0 Å². The van der Waals surface area contributed by atoms with Gasteiger partial charge in [-0.15, -0.1) is 0 Å². The van der Waals surface area contributed by atoms with E-state index in [-0.39, 0.29) is 12.6 Å². The number of hydrogen-bond acceptors (Lipinski definition) is 5. The molecule has 3 aromatic carbocycles. The van der Waals surface area contributed by atoms with Gasteiger partial charge in [-0.2, -0.15) is 0 Å². The normalized spacial score (nSPS) is 13.5. The van der Waals surface area contributed by atoms with E-state index in [0.29, 0.717) is 13.2 Å². The first-order valence-electron chi connectivity index (χ1n) is 9.00. The molecule has 1 atom stereocenters. The van der Waals surface area contributed by atoms with E-state index in [2.05, 4.69) is 57.6 Å². The SMILES string of the molecule is OC[C@@H](COCc1ccccc1)Nc1ccc2c(c1)Sc1cccc(Br)c1S2. The van der Waals surface area contributed by atoms with Crippen molar-refractivity contribution >= 4 is 45.1 Å². The average Bonchev–Trinajstić information content (AvgIpc) is 2.73. The number of benzene rings is 3. The molecule has 0 fully saturated rings. The van der Waals surface area contributed by atoms with Crippen LogP contribution in [0.2, 0.25) is 0 Å². The first-order valence-corrected chi connectivity index (χ1v) is 11.4. The molecule has 0 aromatic heterocycles. The Kier molecular flexibility index (Phi) is 6.65. The van der Waals surface area contributed by atoms with E-state index in [1.807, 2.05) is 30.3 Å². The fraction of sp³-hybridized carbons (Fsp3) is 0.182. The third-order valence-corrected chi connectivity index (χ3v) is 7.85. The standard InChI is InChI=1S/C22H20BrNO2S2/c23-18-7-4-8-20-22(18)28-19-10-9-16(11-21(19)27-20)24-17(12-25)14-26-13-15-5-2-1-3-6-15/h1-11,17,24-25H,12-14H2/t17-/m0/s1. The van der Waals surface area contributed by atoms with Crippen molar-refractivity contribution in [1.29, 1.82) is 0 Å². The second-order valence-electron chi connectivity index (χ2n) is 6.46. The Hall–Kier alpha value is -1.44. The molecule has 4 rings (SSSR count). The average molecular weight is 474 g/mol. The Labute approximate surface area is 182 Å². The molecule has 0 spiro atoms. The highest BCUT2D eigenvalue weighted by Gasteiger charge is 2.19. The highest BCUT2D eigenvalue weighted by molar-refractivity contribution is 9.10. The lowest BCUT2D eigenvalue weighted by Gasteiger charge is -2.22. The zero-order valence-electron chi connectivity index (χ0n) is 15.1. The number of aliphatic hydroxyl groups is 1. The van der Waals surface area contributed by atoms with Crippen molar-refractivity contribution in [1.82, 2.24) is 0 Å². The summed E-state index contributed by atoms with van der Waals surface area (Å²) in [6.07, 6.45) is 0. The van der Waals surface area contributed by atoms with Gasteiger partial charge in [-0.25, -0.2) is 0 Å². The zero-order chi connectivity index (χ0) is 19.3.